The summed E-state index contributed by atoms with van der Waals surface area (Å²) < 4.78 is 0. The van der Waals surface area contributed by atoms with Crippen LogP contribution >= 0.6 is 0 Å². The zero-order valence-corrected chi connectivity index (χ0v) is 9.35. The number of hydrogen-bond acceptors (Lipinski definition) is 3. The fourth-order valence-electron chi connectivity index (χ4n) is 1.63. The summed E-state index contributed by atoms with van der Waals surface area (Å²) in [6, 6.07) is 3.54. The van der Waals surface area contributed by atoms with Gasteiger partial charge in [-0.15, -0.1) is 0 Å². The number of amides is 1. The van der Waals surface area contributed by atoms with Gasteiger partial charge in [-0.1, -0.05) is 0 Å². The van der Waals surface area contributed by atoms with E-state index in [0.29, 0.717) is 12.8 Å². The Kier molecular flexibility index (Phi) is 3.08. The van der Waals surface area contributed by atoms with E-state index in [-0.39, 0.29) is 18.9 Å². The van der Waals surface area contributed by atoms with Gasteiger partial charge < -0.3 is 10.4 Å². The topological polar surface area (TPSA) is 79.3 Å². The second-order valence-corrected chi connectivity index (χ2v) is 4.39. The first kappa shape index (κ1) is 11.6. The third kappa shape index (κ3) is 2.81. The van der Waals surface area contributed by atoms with Crippen LogP contribution in [0.5, 0.6) is 0 Å². The minimum Gasteiger partial charge on any atom is -0.481 e. The van der Waals surface area contributed by atoms with Gasteiger partial charge in [-0.2, -0.15) is 0 Å². The SMILES string of the molecule is O=C(Cc1ccncc1)NCC1(C(=O)O)CC1. The molecule has 1 aromatic heterocycles. The van der Waals surface area contributed by atoms with Gasteiger partial charge in [0.2, 0.25) is 5.91 Å². The number of carboxylic acid groups (broad SMARTS) is 1. The van der Waals surface area contributed by atoms with Gasteiger partial charge in [-0.05, 0) is 30.5 Å². The molecule has 0 saturated heterocycles. The monoisotopic (exact) mass is 234 g/mol. The number of nitrogens with zero attached hydrogens (tertiary/aromatic N) is 1. The Labute approximate surface area is 98.9 Å². The lowest BCUT2D eigenvalue weighted by atomic mass is 10.1. The van der Waals surface area contributed by atoms with Crippen molar-refractivity contribution in [2.45, 2.75) is 19.3 Å². The largest absolute Gasteiger partial charge is 0.481 e. The van der Waals surface area contributed by atoms with Crippen LogP contribution in [0.15, 0.2) is 24.5 Å². The van der Waals surface area contributed by atoms with E-state index in [1.54, 1.807) is 24.5 Å². The minimum absolute atomic E-state index is 0.149. The Balaban J connectivity index is 1.81. The van der Waals surface area contributed by atoms with Gasteiger partial charge in [-0.25, -0.2) is 0 Å². The maximum Gasteiger partial charge on any atom is 0.311 e. The van der Waals surface area contributed by atoms with E-state index in [4.69, 9.17) is 5.11 Å². The van der Waals surface area contributed by atoms with Crippen LogP contribution in [0.25, 0.3) is 0 Å². The fraction of sp³-hybridized carbons (Fsp3) is 0.417. The van der Waals surface area contributed by atoms with E-state index in [2.05, 4.69) is 10.3 Å². The molecule has 0 unspecified atom stereocenters. The zero-order chi connectivity index (χ0) is 12.3. The van der Waals surface area contributed by atoms with Crippen molar-refractivity contribution < 1.29 is 14.7 Å². The standard InChI is InChI=1S/C12H14N2O3/c15-10(7-9-1-5-13-6-2-9)14-8-12(3-4-12)11(16)17/h1-2,5-6H,3-4,7-8H2,(H,14,15)(H,16,17). The molecule has 2 N–H and O–H groups in total. The Morgan fingerprint density at radius 2 is 2.00 bits per heavy atom. The van der Waals surface area contributed by atoms with E-state index in [1.807, 2.05) is 0 Å². The van der Waals surface area contributed by atoms with Crippen LogP contribution in [0.1, 0.15) is 18.4 Å². The van der Waals surface area contributed by atoms with Crippen molar-refractivity contribution >= 4 is 11.9 Å². The van der Waals surface area contributed by atoms with Crippen molar-refractivity contribution in [3.63, 3.8) is 0 Å². The third-order valence-corrected chi connectivity index (χ3v) is 3.05. The summed E-state index contributed by atoms with van der Waals surface area (Å²) in [6.07, 6.45) is 4.82. The molecular formula is C12H14N2O3. The summed E-state index contributed by atoms with van der Waals surface area (Å²) in [5.74, 6) is -0.967. The lowest BCUT2D eigenvalue weighted by molar-refractivity contribution is -0.143. The van der Waals surface area contributed by atoms with Gasteiger partial charge in [0, 0.05) is 18.9 Å². The molecule has 1 amide bonds. The molecule has 0 aromatic carbocycles. The van der Waals surface area contributed by atoms with Crippen molar-refractivity contribution in [2.24, 2.45) is 5.41 Å². The normalized spacial score (nSPS) is 16.2. The number of carbonyl (C=O) groups excluding carboxylic acids is 1. The van der Waals surface area contributed by atoms with Crippen molar-refractivity contribution in [2.75, 3.05) is 6.54 Å². The van der Waals surface area contributed by atoms with Gasteiger partial charge in [0.05, 0.1) is 11.8 Å². The number of hydrogen-bond donors (Lipinski definition) is 2. The van der Waals surface area contributed by atoms with Gasteiger partial charge in [0.1, 0.15) is 0 Å². The maximum atomic E-state index is 11.6. The summed E-state index contributed by atoms with van der Waals surface area (Å²) in [6.45, 7) is 0.228. The average molecular weight is 234 g/mol. The van der Waals surface area contributed by atoms with Crippen LogP contribution in [-0.2, 0) is 16.0 Å². The summed E-state index contributed by atoms with van der Waals surface area (Å²) in [5.41, 5.74) is 0.172. The Hall–Kier alpha value is -1.91. The summed E-state index contributed by atoms with van der Waals surface area (Å²) >= 11 is 0. The molecule has 1 aliphatic rings. The summed E-state index contributed by atoms with van der Waals surface area (Å²) in [4.78, 5) is 26.3. The van der Waals surface area contributed by atoms with Gasteiger partial charge in [0.15, 0.2) is 0 Å². The number of carboxylic acids is 1. The zero-order valence-electron chi connectivity index (χ0n) is 9.35. The molecular weight excluding hydrogens is 220 g/mol. The van der Waals surface area contributed by atoms with Gasteiger partial charge >= 0.3 is 5.97 Å². The number of pyridine rings is 1. The van der Waals surface area contributed by atoms with Crippen LogP contribution in [0.3, 0.4) is 0 Å². The number of rotatable bonds is 5. The predicted molar refractivity (Wildman–Crippen MR) is 60.3 cm³/mol. The van der Waals surface area contributed by atoms with Crippen molar-refractivity contribution in [1.29, 1.82) is 0 Å². The highest BCUT2D eigenvalue weighted by Crippen LogP contribution is 2.45. The van der Waals surface area contributed by atoms with Crippen LogP contribution in [0.4, 0.5) is 0 Å². The molecule has 0 spiro atoms. The quantitative estimate of drug-likeness (QED) is 0.782. The first-order valence-corrected chi connectivity index (χ1v) is 5.51. The lowest BCUT2D eigenvalue weighted by Crippen LogP contribution is -2.35. The van der Waals surface area contributed by atoms with E-state index in [0.717, 1.165) is 5.56 Å². The molecule has 0 atom stereocenters. The summed E-state index contributed by atoms with van der Waals surface area (Å²) in [5, 5.41) is 11.6. The molecule has 1 aliphatic carbocycles. The van der Waals surface area contributed by atoms with E-state index in [9.17, 15) is 9.59 Å². The highest BCUT2D eigenvalue weighted by molar-refractivity contribution is 5.81. The average Bonchev–Trinajstić information content (AvgIpc) is 3.09. The molecule has 1 saturated carbocycles. The summed E-state index contributed by atoms with van der Waals surface area (Å²) in [7, 11) is 0. The van der Waals surface area contributed by atoms with Crippen molar-refractivity contribution in [1.82, 2.24) is 10.3 Å². The number of aromatic nitrogens is 1. The van der Waals surface area contributed by atoms with E-state index >= 15 is 0 Å². The molecule has 1 aromatic rings. The van der Waals surface area contributed by atoms with Gasteiger partial charge in [-0.3, -0.25) is 14.6 Å². The van der Waals surface area contributed by atoms with E-state index < -0.39 is 11.4 Å². The molecule has 17 heavy (non-hydrogen) atoms. The molecule has 0 aliphatic heterocycles. The van der Waals surface area contributed by atoms with Crippen LogP contribution in [0.2, 0.25) is 0 Å². The molecule has 5 nitrogen and oxygen atoms in total. The number of carbonyl (C=O) groups is 2. The van der Waals surface area contributed by atoms with Crippen LogP contribution in [-0.4, -0.2) is 28.5 Å². The van der Waals surface area contributed by atoms with Crippen molar-refractivity contribution in [3.8, 4) is 0 Å². The minimum atomic E-state index is -0.818. The Morgan fingerprint density at radius 1 is 1.35 bits per heavy atom. The van der Waals surface area contributed by atoms with Crippen LogP contribution < -0.4 is 5.32 Å². The molecule has 2 rings (SSSR count). The van der Waals surface area contributed by atoms with E-state index in [1.165, 1.54) is 0 Å². The third-order valence-electron chi connectivity index (χ3n) is 3.05. The second-order valence-electron chi connectivity index (χ2n) is 4.39. The first-order chi connectivity index (χ1) is 8.12. The predicted octanol–water partition coefficient (Wildman–Crippen LogP) is 0.605. The maximum absolute atomic E-state index is 11.6. The Morgan fingerprint density at radius 3 is 2.53 bits per heavy atom. The highest BCUT2D eigenvalue weighted by atomic mass is 16.4. The van der Waals surface area contributed by atoms with Crippen molar-refractivity contribution in [3.05, 3.63) is 30.1 Å². The molecule has 0 radical (unpaired) electrons. The molecule has 1 fully saturated rings. The lowest BCUT2D eigenvalue weighted by Gasteiger charge is -2.10. The van der Waals surface area contributed by atoms with Gasteiger partial charge in [0.25, 0.3) is 0 Å². The molecule has 0 bridgehead atoms. The molecule has 90 valence electrons. The highest BCUT2D eigenvalue weighted by Gasteiger charge is 2.50. The number of nitrogens with one attached hydrogen (secondary N) is 1. The Bertz CT molecular complexity index is 427. The second kappa shape index (κ2) is 4.53. The first-order valence-electron chi connectivity index (χ1n) is 5.51. The fourth-order valence-corrected chi connectivity index (χ4v) is 1.63. The number of aliphatic carboxylic acids is 1. The molecule has 1 heterocycles. The van der Waals surface area contributed by atoms with Crippen LogP contribution in [0, 0.1) is 5.41 Å². The molecule has 5 heteroatoms. The smallest absolute Gasteiger partial charge is 0.311 e.